The van der Waals surface area contributed by atoms with Crippen molar-refractivity contribution in [2.45, 2.75) is 11.8 Å². The molecule has 122 valence electrons. The van der Waals surface area contributed by atoms with E-state index in [2.05, 4.69) is 10.0 Å². The Morgan fingerprint density at radius 3 is 2.39 bits per heavy atom. The van der Waals surface area contributed by atoms with E-state index < -0.39 is 10.0 Å². The van der Waals surface area contributed by atoms with E-state index in [0.29, 0.717) is 17.1 Å². The standard InChI is InChI=1S/C15H17N3O3S2/c1-10-3-8-14(21-2)13(9-10)18-23(19,20)12-6-4-11(5-7-12)17-15(16)22/h3-9,18H,1-2H3,(H3,16,17,22). The smallest absolute Gasteiger partial charge is 0.262 e. The number of ether oxygens (including phenoxy) is 1. The summed E-state index contributed by atoms with van der Waals surface area (Å²) in [6.45, 7) is 1.87. The minimum atomic E-state index is -3.73. The highest BCUT2D eigenvalue weighted by Crippen LogP contribution is 2.28. The van der Waals surface area contributed by atoms with E-state index in [1.54, 1.807) is 24.3 Å². The van der Waals surface area contributed by atoms with Crippen molar-refractivity contribution in [1.82, 2.24) is 0 Å². The van der Waals surface area contributed by atoms with Crippen LogP contribution in [0.25, 0.3) is 0 Å². The van der Waals surface area contributed by atoms with Crippen molar-refractivity contribution in [1.29, 1.82) is 0 Å². The lowest BCUT2D eigenvalue weighted by molar-refractivity contribution is 0.417. The van der Waals surface area contributed by atoms with Crippen LogP contribution >= 0.6 is 12.2 Å². The summed E-state index contributed by atoms with van der Waals surface area (Å²) in [6, 6.07) is 11.4. The van der Waals surface area contributed by atoms with Gasteiger partial charge in [-0.05, 0) is 61.1 Å². The van der Waals surface area contributed by atoms with Gasteiger partial charge in [0.15, 0.2) is 5.11 Å². The van der Waals surface area contributed by atoms with Crippen LogP contribution in [0.15, 0.2) is 47.4 Å². The van der Waals surface area contributed by atoms with Gasteiger partial charge in [-0.3, -0.25) is 4.72 Å². The fourth-order valence-electron chi connectivity index (χ4n) is 1.96. The Labute approximate surface area is 140 Å². The van der Waals surface area contributed by atoms with Crippen LogP contribution in [0.4, 0.5) is 11.4 Å². The zero-order valence-electron chi connectivity index (χ0n) is 12.7. The number of sulfonamides is 1. The molecule has 2 aromatic carbocycles. The highest BCUT2D eigenvalue weighted by Gasteiger charge is 2.16. The molecule has 0 radical (unpaired) electrons. The molecule has 0 aliphatic carbocycles. The fourth-order valence-corrected chi connectivity index (χ4v) is 3.14. The molecule has 0 unspecified atom stereocenters. The summed E-state index contributed by atoms with van der Waals surface area (Å²) in [4.78, 5) is 0.120. The number of anilines is 2. The SMILES string of the molecule is COc1ccc(C)cc1NS(=O)(=O)c1ccc(NC(N)=S)cc1. The lowest BCUT2D eigenvalue weighted by atomic mass is 10.2. The maximum atomic E-state index is 12.5. The molecule has 0 aromatic heterocycles. The van der Waals surface area contributed by atoms with Crippen molar-refractivity contribution in [2.75, 3.05) is 17.1 Å². The van der Waals surface area contributed by atoms with Gasteiger partial charge in [0.25, 0.3) is 10.0 Å². The number of nitrogens with two attached hydrogens (primary N) is 1. The molecule has 0 fully saturated rings. The van der Waals surface area contributed by atoms with Crippen molar-refractivity contribution >= 4 is 38.7 Å². The van der Waals surface area contributed by atoms with Crippen molar-refractivity contribution < 1.29 is 13.2 Å². The van der Waals surface area contributed by atoms with Gasteiger partial charge in [-0.1, -0.05) is 6.07 Å². The molecule has 0 aliphatic heterocycles. The highest BCUT2D eigenvalue weighted by atomic mass is 32.2. The zero-order chi connectivity index (χ0) is 17.0. The average molecular weight is 351 g/mol. The second kappa shape index (κ2) is 6.84. The number of aryl methyl sites for hydroxylation is 1. The third kappa shape index (κ3) is 4.33. The molecule has 0 aliphatic rings. The van der Waals surface area contributed by atoms with Crippen LogP contribution < -0.4 is 20.5 Å². The Kier molecular flexibility index (Phi) is 5.07. The summed E-state index contributed by atoms with van der Waals surface area (Å²) in [5.74, 6) is 0.450. The van der Waals surface area contributed by atoms with Gasteiger partial charge in [-0.2, -0.15) is 0 Å². The van der Waals surface area contributed by atoms with Gasteiger partial charge in [-0.15, -0.1) is 0 Å². The maximum absolute atomic E-state index is 12.5. The number of nitrogens with one attached hydrogen (secondary N) is 2. The van der Waals surface area contributed by atoms with Crippen LogP contribution in [-0.2, 0) is 10.0 Å². The minimum absolute atomic E-state index is 0.114. The molecule has 4 N–H and O–H groups in total. The summed E-state index contributed by atoms with van der Waals surface area (Å²) in [7, 11) is -2.25. The third-order valence-corrected chi connectivity index (χ3v) is 4.51. The number of hydrogen-bond acceptors (Lipinski definition) is 4. The molecule has 0 amide bonds. The Morgan fingerprint density at radius 1 is 1.17 bits per heavy atom. The largest absolute Gasteiger partial charge is 0.495 e. The first-order valence-corrected chi connectivity index (χ1v) is 8.55. The maximum Gasteiger partial charge on any atom is 0.262 e. The molecular formula is C15H17N3O3S2. The highest BCUT2D eigenvalue weighted by molar-refractivity contribution is 7.92. The molecule has 0 atom stereocenters. The van der Waals surface area contributed by atoms with Crippen molar-refractivity contribution in [3.8, 4) is 5.75 Å². The molecule has 0 saturated heterocycles. The lowest BCUT2D eigenvalue weighted by Crippen LogP contribution is -2.19. The Balaban J connectivity index is 2.28. The van der Waals surface area contributed by atoms with Gasteiger partial charge >= 0.3 is 0 Å². The quantitative estimate of drug-likeness (QED) is 0.717. The Bertz CT molecular complexity index is 818. The molecule has 23 heavy (non-hydrogen) atoms. The van der Waals surface area contributed by atoms with Gasteiger partial charge in [0, 0.05) is 5.69 Å². The first kappa shape index (κ1) is 17.0. The molecule has 8 heteroatoms. The molecule has 6 nitrogen and oxygen atoms in total. The van der Waals surface area contributed by atoms with Crippen LogP contribution in [0, 0.1) is 6.92 Å². The molecule has 0 heterocycles. The average Bonchev–Trinajstić information content (AvgIpc) is 2.47. The van der Waals surface area contributed by atoms with E-state index in [1.807, 2.05) is 13.0 Å². The van der Waals surface area contributed by atoms with Gasteiger partial charge in [0.05, 0.1) is 17.7 Å². The fraction of sp³-hybridized carbons (Fsp3) is 0.133. The van der Waals surface area contributed by atoms with Crippen LogP contribution in [0.3, 0.4) is 0 Å². The second-order valence-electron chi connectivity index (χ2n) is 4.82. The van der Waals surface area contributed by atoms with E-state index >= 15 is 0 Å². The van der Waals surface area contributed by atoms with Gasteiger partial charge in [0.1, 0.15) is 5.75 Å². The molecule has 2 aromatic rings. The molecule has 0 bridgehead atoms. The van der Waals surface area contributed by atoms with E-state index in [9.17, 15) is 8.42 Å². The van der Waals surface area contributed by atoms with Crippen LogP contribution in [0.2, 0.25) is 0 Å². The van der Waals surface area contributed by atoms with Crippen LogP contribution in [-0.4, -0.2) is 20.6 Å². The first-order chi connectivity index (χ1) is 10.8. The van der Waals surface area contributed by atoms with E-state index in [4.69, 9.17) is 22.7 Å². The minimum Gasteiger partial charge on any atom is -0.495 e. The number of rotatable bonds is 5. The predicted molar refractivity (Wildman–Crippen MR) is 95.4 cm³/mol. The molecule has 0 saturated carbocycles. The van der Waals surface area contributed by atoms with Crippen molar-refractivity contribution in [2.24, 2.45) is 5.73 Å². The van der Waals surface area contributed by atoms with Gasteiger partial charge < -0.3 is 15.8 Å². The number of methoxy groups -OCH3 is 1. The van der Waals surface area contributed by atoms with E-state index in [0.717, 1.165) is 5.56 Å². The van der Waals surface area contributed by atoms with Crippen LogP contribution in [0.5, 0.6) is 5.75 Å². The van der Waals surface area contributed by atoms with E-state index in [1.165, 1.54) is 19.2 Å². The molecular weight excluding hydrogens is 334 g/mol. The predicted octanol–water partition coefficient (Wildman–Crippen LogP) is 2.46. The van der Waals surface area contributed by atoms with Crippen molar-refractivity contribution in [3.63, 3.8) is 0 Å². The summed E-state index contributed by atoms with van der Waals surface area (Å²) in [6.07, 6.45) is 0. The van der Waals surface area contributed by atoms with Crippen molar-refractivity contribution in [3.05, 3.63) is 48.0 Å². The third-order valence-electron chi connectivity index (χ3n) is 3.03. The number of benzene rings is 2. The zero-order valence-corrected chi connectivity index (χ0v) is 14.3. The Hall–Kier alpha value is -2.32. The summed E-state index contributed by atoms with van der Waals surface area (Å²) in [5, 5.41) is 2.85. The summed E-state index contributed by atoms with van der Waals surface area (Å²) in [5.41, 5.74) is 7.29. The number of hydrogen-bond donors (Lipinski definition) is 3. The normalized spacial score (nSPS) is 10.9. The first-order valence-electron chi connectivity index (χ1n) is 6.66. The van der Waals surface area contributed by atoms with Gasteiger partial charge in [-0.25, -0.2) is 8.42 Å². The van der Waals surface area contributed by atoms with Crippen LogP contribution in [0.1, 0.15) is 5.56 Å². The Morgan fingerprint density at radius 2 is 1.83 bits per heavy atom. The van der Waals surface area contributed by atoms with E-state index in [-0.39, 0.29) is 10.0 Å². The molecule has 2 rings (SSSR count). The summed E-state index contributed by atoms with van der Waals surface area (Å²) < 4.78 is 32.7. The second-order valence-corrected chi connectivity index (χ2v) is 6.95. The monoisotopic (exact) mass is 351 g/mol. The summed E-state index contributed by atoms with van der Waals surface area (Å²) >= 11 is 4.73. The topological polar surface area (TPSA) is 93.4 Å². The van der Waals surface area contributed by atoms with Gasteiger partial charge in [0.2, 0.25) is 0 Å². The molecule has 0 spiro atoms. The lowest BCUT2D eigenvalue weighted by Gasteiger charge is -2.13. The number of thiocarbonyl (C=S) groups is 1.